The van der Waals surface area contributed by atoms with Gasteiger partial charge in [-0.25, -0.2) is 18.4 Å². The van der Waals surface area contributed by atoms with Crippen LogP contribution in [-0.2, 0) is 19.6 Å². The van der Waals surface area contributed by atoms with E-state index in [2.05, 4.69) is 5.32 Å². The topological polar surface area (TPSA) is 125 Å². The number of primary sulfonamides is 1. The summed E-state index contributed by atoms with van der Waals surface area (Å²) >= 11 is 0. The Balaban J connectivity index is 1.97. The largest absolute Gasteiger partial charge is 0.497 e. The predicted molar refractivity (Wildman–Crippen MR) is 94.3 cm³/mol. The second kappa shape index (κ2) is 7.98. The first kappa shape index (κ1) is 19.4. The molecular formula is C17H18N2O6S. The summed E-state index contributed by atoms with van der Waals surface area (Å²) in [5.41, 5.74) is 0.623. The minimum absolute atomic E-state index is 0.0746. The molecule has 0 aliphatic heterocycles. The van der Waals surface area contributed by atoms with Crippen LogP contribution in [0.15, 0.2) is 53.4 Å². The van der Waals surface area contributed by atoms with Crippen LogP contribution in [0.2, 0.25) is 0 Å². The van der Waals surface area contributed by atoms with Crippen molar-refractivity contribution in [2.24, 2.45) is 5.14 Å². The van der Waals surface area contributed by atoms with Crippen LogP contribution in [0, 0.1) is 0 Å². The summed E-state index contributed by atoms with van der Waals surface area (Å²) in [5.74, 6) is -0.620. The molecular weight excluding hydrogens is 360 g/mol. The highest BCUT2D eigenvalue weighted by Crippen LogP contribution is 2.15. The SMILES string of the molecule is COc1ccc(C(=O)O[C@H](C)C(=O)Nc2ccc(S(N)(=O)=O)cc2)cc1. The highest BCUT2D eigenvalue weighted by Gasteiger charge is 2.19. The van der Waals surface area contributed by atoms with Crippen LogP contribution in [0.3, 0.4) is 0 Å². The minimum atomic E-state index is -3.81. The van der Waals surface area contributed by atoms with Crippen molar-refractivity contribution in [2.75, 3.05) is 12.4 Å². The van der Waals surface area contributed by atoms with Gasteiger partial charge in [-0.1, -0.05) is 0 Å². The predicted octanol–water partition coefficient (Wildman–Crippen LogP) is 1.53. The number of hydrogen-bond donors (Lipinski definition) is 2. The summed E-state index contributed by atoms with van der Waals surface area (Å²) in [4.78, 5) is 24.1. The van der Waals surface area contributed by atoms with Gasteiger partial charge in [-0.15, -0.1) is 0 Å². The van der Waals surface area contributed by atoms with E-state index >= 15 is 0 Å². The lowest BCUT2D eigenvalue weighted by atomic mass is 10.2. The smallest absolute Gasteiger partial charge is 0.338 e. The molecule has 9 heteroatoms. The molecule has 0 spiro atoms. The van der Waals surface area contributed by atoms with E-state index in [1.807, 2.05) is 0 Å². The molecule has 0 saturated heterocycles. The Kier molecular flexibility index (Phi) is 5.96. The Morgan fingerprint density at radius 1 is 1.04 bits per heavy atom. The zero-order valence-corrected chi connectivity index (χ0v) is 14.9. The minimum Gasteiger partial charge on any atom is -0.497 e. The molecule has 0 saturated carbocycles. The van der Waals surface area contributed by atoms with E-state index in [1.165, 1.54) is 50.4 Å². The van der Waals surface area contributed by atoms with Crippen molar-refractivity contribution in [3.05, 3.63) is 54.1 Å². The monoisotopic (exact) mass is 378 g/mol. The van der Waals surface area contributed by atoms with Gasteiger partial charge < -0.3 is 14.8 Å². The lowest BCUT2D eigenvalue weighted by Gasteiger charge is -2.14. The summed E-state index contributed by atoms with van der Waals surface area (Å²) in [6.45, 7) is 1.43. The molecule has 0 aromatic heterocycles. The normalized spacial score (nSPS) is 12.1. The third-order valence-electron chi connectivity index (χ3n) is 3.43. The third kappa shape index (κ3) is 5.04. The number of sulfonamides is 1. The molecule has 1 atom stereocenters. The number of nitrogens with one attached hydrogen (secondary N) is 1. The van der Waals surface area contributed by atoms with E-state index in [1.54, 1.807) is 12.1 Å². The molecule has 2 rings (SSSR count). The number of nitrogens with two attached hydrogens (primary N) is 1. The molecule has 1 amide bonds. The molecule has 138 valence electrons. The molecule has 2 aromatic rings. The maximum atomic E-state index is 12.1. The second-order valence-corrected chi connectivity index (χ2v) is 6.90. The highest BCUT2D eigenvalue weighted by molar-refractivity contribution is 7.89. The quantitative estimate of drug-likeness (QED) is 0.735. The zero-order valence-electron chi connectivity index (χ0n) is 14.1. The Hall–Kier alpha value is -2.91. The van der Waals surface area contributed by atoms with Crippen molar-refractivity contribution < 1.29 is 27.5 Å². The van der Waals surface area contributed by atoms with Gasteiger partial charge in [0.2, 0.25) is 10.0 Å². The van der Waals surface area contributed by atoms with Crippen LogP contribution in [-0.4, -0.2) is 33.5 Å². The fourth-order valence-electron chi connectivity index (χ4n) is 1.98. The second-order valence-electron chi connectivity index (χ2n) is 5.33. The van der Waals surface area contributed by atoms with Crippen molar-refractivity contribution in [2.45, 2.75) is 17.9 Å². The average molecular weight is 378 g/mol. The van der Waals surface area contributed by atoms with Crippen molar-refractivity contribution in [3.8, 4) is 5.75 Å². The van der Waals surface area contributed by atoms with Crippen molar-refractivity contribution in [3.63, 3.8) is 0 Å². The Morgan fingerprint density at radius 2 is 1.62 bits per heavy atom. The first-order chi connectivity index (χ1) is 12.2. The van der Waals surface area contributed by atoms with Crippen LogP contribution in [0.1, 0.15) is 17.3 Å². The summed E-state index contributed by atoms with van der Waals surface area (Å²) in [6.07, 6.45) is -1.05. The molecule has 2 aromatic carbocycles. The first-order valence-electron chi connectivity index (χ1n) is 7.49. The lowest BCUT2D eigenvalue weighted by Crippen LogP contribution is -2.30. The molecule has 0 fully saturated rings. The molecule has 0 aliphatic carbocycles. The summed E-state index contributed by atoms with van der Waals surface area (Å²) in [7, 11) is -2.30. The molecule has 0 radical (unpaired) electrons. The third-order valence-corrected chi connectivity index (χ3v) is 4.36. The van der Waals surface area contributed by atoms with E-state index in [0.717, 1.165) is 0 Å². The van der Waals surface area contributed by atoms with E-state index in [-0.39, 0.29) is 10.5 Å². The van der Waals surface area contributed by atoms with Gasteiger partial charge in [-0.2, -0.15) is 0 Å². The van der Waals surface area contributed by atoms with Crippen LogP contribution in [0.5, 0.6) is 5.75 Å². The number of amides is 1. The number of carbonyl (C=O) groups excluding carboxylic acids is 2. The van der Waals surface area contributed by atoms with Gasteiger partial charge in [-0.3, -0.25) is 4.79 Å². The standard InChI is InChI=1S/C17H18N2O6S/c1-11(25-17(21)12-3-7-14(24-2)8-4-12)16(20)19-13-5-9-15(10-6-13)26(18,22)23/h3-11H,1-2H3,(H,19,20)(H2,18,22,23)/t11-/m1/s1. The van der Waals surface area contributed by atoms with Crippen molar-refractivity contribution >= 4 is 27.6 Å². The average Bonchev–Trinajstić information content (AvgIpc) is 2.61. The molecule has 8 nitrogen and oxygen atoms in total. The van der Waals surface area contributed by atoms with Gasteiger partial charge in [-0.05, 0) is 55.5 Å². The van der Waals surface area contributed by atoms with Crippen LogP contribution in [0.25, 0.3) is 0 Å². The lowest BCUT2D eigenvalue weighted by molar-refractivity contribution is -0.123. The number of anilines is 1. The number of ether oxygens (including phenoxy) is 2. The Bertz CT molecular complexity index is 892. The summed E-state index contributed by atoms with van der Waals surface area (Å²) < 4.78 is 32.5. The van der Waals surface area contributed by atoms with Crippen LogP contribution >= 0.6 is 0 Å². The fourth-order valence-corrected chi connectivity index (χ4v) is 2.50. The maximum Gasteiger partial charge on any atom is 0.338 e. The number of esters is 1. The van der Waals surface area contributed by atoms with E-state index in [4.69, 9.17) is 14.6 Å². The van der Waals surface area contributed by atoms with E-state index in [0.29, 0.717) is 11.4 Å². The molecule has 26 heavy (non-hydrogen) atoms. The van der Waals surface area contributed by atoms with Gasteiger partial charge in [0.1, 0.15) is 5.75 Å². The summed E-state index contributed by atoms with van der Waals surface area (Å²) in [5, 5.41) is 7.53. The van der Waals surface area contributed by atoms with Crippen molar-refractivity contribution in [1.82, 2.24) is 0 Å². The number of carbonyl (C=O) groups is 2. The van der Waals surface area contributed by atoms with Gasteiger partial charge in [0.05, 0.1) is 17.6 Å². The number of hydrogen-bond acceptors (Lipinski definition) is 6. The highest BCUT2D eigenvalue weighted by atomic mass is 32.2. The zero-order chi connectivity index (χ0) is 19.3. The molecule has 0 heterocycles. The Morgan fingerprint density at radius 3 is 2.12 bits per heavy atom. The molecule has 0 bridgehead atoms. The van der Waals surface area contributed by atoms with Gasteiger partial charge in [0.15, 0.2) is 6.10 Å². The first-order valence-corrected chi connectivity index (χ1v) is 9.04. The van der Waals surface area contributed by atoms with E-state index < -0.39 is 28.0 Å². The molecule has 0 aliphatic rings. The van der Waals surface area contributed by atoms with Crippen molar-refractivity contribution in [1.29, 1.82) is 0 Å². The Labute approximate surface area is 151 Å². The van der Waals surface area contributed by atoms with E-state index in [9.17, 15) is 18.0 Å². The fraction of sp³-hybridized carbons (Fsp3) is 0.176. The maximum absolute atomic E-state index is 12.1. The number of benzene rings is 2. The van der Waals surface area contributed by atoms with Gasteiger partial charge >= 0.3 is 5.97 Å². The van der Waals surface area contributed by atoms with Crippen LogP contribution < -0.4 is 15.2 Å². The number of rotatable bonds is 6. The molecule has 3 N–H and O–H groups in total. The number of methoxy groups -OCH3 is 1. The summed E-state index contributed by atoms with van der Waals surface area (Å²) in [6, 6.07) is 11.6. The van der Waals surface area contributed by atoms with Gasteiger partial charge in [0, 0.05) is 5.69 Å². The van der Waals surface area contributed by atoms with Gasteiger partial charge in [0.25, 0.3) is 5.91 Å². The molecule has 0 unspecified atom stereocenters. The van der Waals surface area contributed by atoms with Crippen LogP contribution in [0.4, 0.5) is 5.69 Å².